The van der Waals surface area contributed by atoms with Gasteiger partial charge in [-0.25, -0.2) is 0 Å². The summed E-state index contributed by atoms with van der Waals surface area (Å²) in [5.41, 5.74) is 8.78. The van der Waals surface area contributed by atoms with E-state index in [1.165, 1.54) is 0 Å². The van der Waals surface area contributed by atoms with E-state index in [4.69, 9.17) is 10.5 Å². The van der Waals surface area contributed by atoms with Gasteiger partial charge in [0.2, 0.25) is 0 Å². The molecule has 5 nitrogen and oxygen atoms in total. The van der Waals surface area contributed by atoms with Crippen molar-refractivity contribution in [2.24, 2.45) is 5.92 Å². The summed E-state index contributed by atoms with van der Waals surface area (Å²) in [7, 11) is 0. The summed E-state index contributed by atoms with van der Waals surface area (Å²) in [4.78, 5) is 0. The van der Waals surface area contributed by atoms with E-state index in [0.717, 1.165) is 41.9 Å². The first-order valence-electron chi connectivity index (χ1n) is 6.31. The third kappa shape index (κ3) is 2.01. The SMILES string of the molecule is CC(Nc1cc2[nH]ncc2cc1N)C1CCOC1. The first-order chi connectivity index (χ1) is 8.74. The van der Waals surface area contributed by atoms with Crippen LogP contribution in [0.3, 0.4) is 0 Å². The molecule has 2 unspecified atom stereocenters. The van der Waals surface area contributed by atoms with E-state index in [1.807, 2.05) is 12.1 Å². The van der Waals surface area contributed by atoms with Crippen LogP contribution in [0.5, 0.6) is 0 Å². The number of rotatable bonds is 3. The Balaban J connectivity index is 1.82. The van der Waals surface area contributed by atoms with Crippen LogP contribution in [0, 0.1) is 5.92 Å². The normalized spacial score (nSPS) is 21.3. The van der Waals surface area contributed by atoms with Crippen LogP contribution in [0.2, 0.25) is 0 Å². The Hall–Kier alpha value is -1.75. The summed E-state index contributed by atoms with van der Waals surface area (Å²) >= 11 is 0. The molecule has 1 aromatic heterocycles. The Morgan fingerprint density at radius 2 is 2.44 bits per heavy atom. The van der Waals surface area contributed by atoms with Crippen molar-refractivity contribution < 1.29 is 4.74 Å². The molecule has 96 valence electrons. The van der Waals surface area contributed by atoms with E-state index >= 15 is 0 Å². The molecular weight excluding hydrogens is 228 g/mol. The number of aromatic amines is 1. The van der Waals surface area contributed by atoms with Crippen molar-refractivity contribution in [2.75, 3.05) is 24.3 Å². The van der Waals surface area contributed by atoms with E-state index in [1.54, 1.807) is 6.20 Å². The number of hydrogen-bond donors (Lipinski definition) is 3. The lowest BCUT2D eigenvalue weighted by Crippen LogP contribution is -2.26. The molecule has 1 aliphatic heterocycles. The van der Waals surface area contributed by atoms with Gasteiger partial charge in [-0.2, -0.15) is 5.10 Å². The van der Waals surface area contributed by atoms with Gasteiger partial charge in [0.15, 0.2) is 0 Å². The molecule has 1 aliphatic rings. The van der Waals surface area contributed by atoms with Gasteiger partial charge in [0.05, 0.1) is 29.7 Å². The van der Waals surface area contributed by atoms with Crippen LogP contribution < -0.4 is 11.1 Å². The molecule has 2 heterocycles. The predicted octanol–water partition coefficient (Wildman–Crippen LogP) is 1.98. The largest absolute Gasteiger partial charge is 0.397 e. The maximum Gasteiger partial charge on any atom is 0.0672 e. The maximum absolute atomic E-state index is 6.06. The Kier molecular flexibility index (Phi) is 2.83. The van der Waals surface area contributed by atoms with E-state index in [2.05, 4.69) is 22.4 Å². The smallest absolute Gasteiger partial charge is 0.0672 e. The monoisotopic (exact) mass is 246 g/mol. The molecule has 1 aromatic carbocycles. The Labute approximate surface area is 106 Å². The molecule has 0 saturated carbocycles. The summed E-state index contributed by atoms with van der Waals surface area (Å²) in [5.74, 6) is 0.557. The summed E-state index contributed by atoms with van der Waals surface area (Å²) in [6.45, 7) is 3.88. The quantitative estimate of drug-likeness (QED) is 0.724. The third-order valence-electron chi connectivity index (χ3n) is 3.67. The number of H-pyrrole nitrogens is 1. The molecule has 0 radical (unpaired) electrons. The van der Waals surface area contributed by atoms with Gasteiger partial charge >= 0.3 is 0 Å². The van der Waals surface area contributed by atoms with Gasteiger partial charge in [-0.1, -0.05) is 0 Å². The standard InChI is InChI=1S/C13H18N4O/c1-8(9-2-3-18-7-9)16-13-5-12-10(4-11(13)14)6-15-17-12/h4-6,8-9,16H,2-3,7,14H2,1H3,(H,15,17). The van der Waals surface area contributed by atoms with Crippen molar-refractivity contribution in [3.63, 3.8) is 0 Å². The number of hydrogen-bond acceptors (Lipinski definition) is 4. The van der Waals surface area contributed by atoms with E-state index in [0.29, 0.717) is 12.0 Å². The third-order valence-corrected chi connectivity index (χ3v) is 3.67. The minimum atomic E-state index is 0.357. The average molecular weight is 246 g/mol. The van der Waals surface area contributed by atoms with Crippen molar-refractivity contribution >= 4 is 22.3 Å². The Morgan fingerprint density at radius 1 is 1.56 bits per heavy atom. The fraction of sp³-hybridized carbons (Fsp3) is 0.462. The molecular formula is C13H18N4O. The van der Waals surface area contributed by atoms with Gasteiger partial charge in [-0.3, -0.25) is 5.10 Å². The number of nitrogens with zero attached hydrogens (tertiary/aromatic N) is 1. The molecule has 3 rings (SSSR count). The van der Waals surface area contributed by atoms with Crippen LogP contribution in [0.4, 0.5) is 11.4 Å². The summed E-state index contributed by atoms with van der Waals surface area (Å²) in [6.07, 6.45) is 2.89. The van der Waals surface area contributed by atoms with Crippen LogP contribution in [-0.2, 0) is 4.74 Å². The highest BCUT2D eigenvalue weighted by atomic mass is 16.5. The maximum atomic E-state index is 6.06. The molecule has 0 aliphatic carbocycles. The lowest BCUT2D eigenvalue weighted by Gasteiger charge is -2.21. The lowest BCUT2D eigenvalue weighted by atomic mass is 10.0. The van der Waals surface area contributed by atoms with Gasteiger partial charge in [0, 0.05) is 24.0 Å². The van der Waals surface area contributed by atoms with Crippen LogP contribution in [0.15, 0.2) is 18.3 Å². The molecule has 4 N–H and O–H groups in total. The molecule has 2 aromatic rings. The van der Waals surface area contributed by atoms with Crippen LogP contribution in [0.1, 0.15) is 13.3 Å². The molecule has 0 amide bonds. The van der Waals surface area contributed by atoms with Crippen molar-refractivity contribution in [1.82, 2.24) is 10.2 Å². The van der Waals surface area contributed by atoms with Gasteiger partial charge in [0.25, 0.3) is 0 Å². The second kappa shape index (κ2) is 4.49. The number of ether oxygens (including phenoxy) is 1. The fourth-order valence-electron chi connectivity index (χ4n) is 2.44. The highest BCUT2D eigenvalue weighted by Crippen LogP contribution is 2.27. The molecule has 0 bridgehead atoms. The zero-order chi connectivity index (χ0) is 12.5. The van der Waals surface area contributed by atoms with Gasteiger partial charge in [-0.15, -0.1) is 0 Å². The highest BCUT2D eigenvalue weighted by molar-refractivity contribution is 5.88. The topological polar surface area (TPSA) is 76.0 Å². The zero-order valence-corrected chi connectivity index (χ0v) is 10.4. The van der Waals surface area contributed by atoms with E-state index in [-0.39, 0.29) is 0 Å². The molecule has 1 fully saturated rings. The number of fused-ring (bicyclic) bond motifs is 1. The zero-order valence-electron chi connectivity index (χ0n) is 10.4. The number of nitrogens with two attached hydrogens (primary N) is 1. The average Bonchev–Trinajstić information content (AvgIpc) is 2.98. The highest BCUT2D eigenvalue weighted by Gasteiger charge is 2.22. The lowest BCUT2D eigenvalue weighted by molar-refractivity contribution is 0.183. The Morgan fingerprint density at radius 3 is 3.22 bits per heavy atom. The van der Waals surface area contributed by atoms with Gasteiger partial charge < -0.3 is 15.8 Å². The number of nitrogen functional groups attached to an aromatic ring is 1. The van der Waals surface area contributed by atoms with Crippen molar-refractivity contribution in [3.05, 3.63) is 18.3 Å². The minimum Gasteiger partial charge on any atom is -0.397 e. The van der Waals surface area contributed by atoms with Gasteiger partial charge in [0.1, 0.15) is 0 Å². The van der Waals surface area contributed by atoms with E-state index < -0.39 is 0 Å². The van der Waals surface area contributed by atoms with Crippen molar-refractivity contribution in [2.45, 2.75) is 19.4 Å². The number of anilines is 2. The number of nitrogens with one attached hydrogen (secondary N) is 2. The predicted molar refractivity (Wildman–Crippen MR) is 72.5 cm³/mol. The Bertz CT molecular complexity index is 545. The fourth-order valence-corrected chi connectivity index (χ4v) is 2.44. The van der Waals surface area contributed by atoms with Crippen LogP contribution >= 0.6 is 0 Å². The second-order valence-corrected chi connectivity index (χ2v) is 4.95. The summed E-state index contributed by atoms with van der Waals surface area (Å²) in [5, 5.41) is 11.5. The summed E-state index contributed by atoms with van der Waals surface area (Å²) in [6, 6.07) is 4.32. The molecule has 0 spiro atoms. The van der Waals surface area contributed by atoms with Gasteiger partial charge in [-0.05, 0) is 25.5 Å². The summed E-state index contributed by atoms with van der Waals surface area (Å²) < 4.78 is 5.42. The molecule has 1 saturated heterocycles. The van der Waals surface area contributed by atoms with Crippen LogP contribution in [-0.4, -0.2) is 29.5 Å². The first-order valence-corrected chi connectivity index (χ1v) is 6.31. The molecule has 5 heteroatoms. The molecule has 18 heavy (non-hydrogen) atoms. The van der Waals surface area contributed by atoms with Crippen molar-refractivity contribution in [1.29, 1.82) is 0 Å². The molecule has 2 atom stereocenters. The number of benzene rings is 1. The van der Waals surface area contributed by atoms with Crippen molar-refractivity contribution in [3.8, 4) is 0 Å². The van der Waals surface area contributed by atoms with E-state index in [9.17, 15) is 0 Å². The van der Waals surface area contributed by atoms with Crippen LogP contribution in [0.25, 0.3) is 10.9 Å². The second-order valence-electron chi connectivity index (χ2n) is 4.95. The first kappa shape index (κ1) is 11.3. The minimum absolute atomic E-state index is 0.357. The number of aromatic nitrogens is 2.